The van der Waals surface area contributed by atoms with E-state index in [1.54, 1.807) is 0 Å². The van der Waals surface area contributed by atoms with Crippen molar-refractivity contribution >= 4 is 11.7 Å². The predicted molar refractivity (Wildman–Crippen MR) is 94.6 cm³/mol. The minimum Gasteiger partial charge on any atom is -0.491 e. The lowest BCUT2D eigenvalue weighted by molar-refractivity contribution is -0.137. The van der Waals surface area contributed by atoms with Gasteiger partial charge in [0.25, 0.3) is 0 Å². The van der Waals surface area contributed by atoms with Crippen LogP contribution in [0.15, 0.2) is 36.4 Å². The summed E-state index contributed by atoms with van der Waals surface area (Å²) in [6.07, 6.45) is -4.40. The van der Waals surface area contributed by atoms with Gasteiger partial charge in [-0.15, -0.1) is 0 Å². The van der Waals surface area contributed by atoms with Gasteiger partial charge in [-0.2, -0.15) is 13.2 Å². The van der Waals surface area contributed by atoms with Crippen LogP contribution in [-0.2, 0) is 6.18 Å². The number of carbonyl (C=O) groups is 1. The maximum atomic E-state index is 12.5. The van der Waals surface area contributed by atoms with Gasteiger partial charge in [-0.25, -0.2) is 4.79 Å². The van der Waals surface area contributed by atoms with Crippen LogP contribution in [0.25, 0.3) is 0 Å². The van der Waals surface area contributed by atoms with Gasteiger partial charge in [-0.3, -0.25) is 0 Å². The Morgan fingerprint density at radius 1 is 1.04 bits per heavy atom. The SMILES string of the molecule is Cc1cc(C)c(OCCNC(=O)Nc2ccc(C(F)(F)F)cc2)c(C)c1. The number of urea groups is 1. The second-order valence-corrected chi connectivity index (χ2v) is 6.03. The molecular weight excluding hydrogens is 345 g/mol. The van der Waals surface area contributed by atoms with E-state index < -0.39 is 17.8 Å². The number of amides is 2. The van der Waals surface area contributed by atoms with Crippen LogP contribution in [0.4, 0.5) is 23.7 Å². The van der Waals surface area contributed by atoms with E-state index >= 15 is 0 Å². The van der Waals surface area contributed by atoms with E-state index in [0.29, 0.717) is 0 Å². The molecule has 0 aliphatic carbocycles. The number of hydrogen-bond acceptors (Lipinski definition) is 2. The fourth-order valence-corrected chi connectivity index (χ4v) is 2.63. The molecule has 0 fully saturated rings. The first kappa shape index (κ1) is 19.6. The summed E-state index contributed by atoms with van der Waals surface area (Å²) < 4.78 is 43.2. The van der Waals surface area contributed by atoms with Crippen molar-refractivity contribution < 1.29 is 22.7 Å². The standard InChI is InChI=1S/C19H21F3N2O2/c1-12-10-13(2)17(14(3)11-12)26-9-8-23-18(25)24-16-6-4-15(5-7-16)19(20,21)22/h4-7,10-11H,8-9H2,1-3H3,(H2,23,24,25). The molecule has 0 saturated carbocycles. The Labute approximate surface area is 150 Å². The van der Waals surface area contributed by atoms with Crippen LogP contribution in [0.5, 0.6) is 5.75 Å². The molecule has 0 radical (unpaired) electrons. The number of halogens is 3. The quantitative estimate of drug-likeness (QED) is 0.745. The van der Waals surface area contributed by atoms with Gasteiger partial charge in [0.15, 0.2) is 0 Å². The zero-order valence-electron chi connectivity index (χ0n) is 14.8. The molecule has 2 rings (SSSR count). The molecule has 0 atom stereocenters. The first-order valence-corrected chi connectivity index (χ1v) is 8.09. The van der Waals surface area contributed by atoms with Gasteiger partial charge in [0.1, 0.15) is 12.4 Å². The number of hydrogen-bond donors (Lipinski definition) is 2. The van der Waals surface area contributed by atoms with E-state index in [9.17, 15) is 18.0 Å². The van der Waals surface area contributed by atoms with E-state index in [0.717, 1.165) is 34.6 Å². The van der Waals surface area contributed by atoms with Gasteiger partial charge in [-0.1, -0.05) is 17.7 Å². The van der Waals surface area contributed by atoms with Crippen LogP contribution in [0.1, 0.15) is 22.3 Å². The van der Waals surface area contributed by atoms with Crippen LogP contribution >= 0.6 is 0 Å². The Bertz CT molecular complexity index is 748. The molecule has 0 saturated heterocycles. The first-order chi connectivity index (χ1) is 12.2. The lowest BCUT2D eigenvalue weighted by Crippen LogP contribution is -2.32. The maximum absolute atomic E-state index is 12.5. The van der Waals surface area contributed by atoms with E-state index in [-0.39, 0.29) is 18.8 Å². The highest BCUT2D eigenvalue weighted by Crippen LogP contribution is 2.29. The number of nitrogens with one attached hydrogen (secondary N) is 2. The highest BCUT2D eigenvalue weighted by molar-refractivity contribution is 5.89. The van der Waals surface area contributed by atoms with Crippen LogP contribution in [0.3, 0.4) is 0 Å². The third-order valence-corrected chi connectivity index (χ3v) is 3.71. The van der Waals surface area contributed by atoms with Crippen molar-refractivity contribution in [3.05, 3.63) is 58.7 Å². The van der Waals surface area contributed by atoms with Crippen molar-refractivity contribution in [3.8, 4) is 5.75 Å². The number of carbonyl (C=O) groups excluding carboxylic acids is 1. The van der Waals surface area contributed by atoms with Crippen molar-refractivity contribution in [2.45, 2.75) is 26.9 Å². The fraction of sp³-hybridized carbons (Fsp3) is 0.316. The summed E-state index contributed by atoms with van der Waals surface area (Å²) in [5, 5.41) is 5.08. The monoisotopic (exact) mass is 366 g/mol. The summed E-state index contributed by atoms with van der Waals surface area (Å²) in [7, 11) is 0. The highest BCUT2D eigenvalue weighted by Gasteiger charge is 2.29. The molecule has 0 spiro atoms. The number of anilines is 1. The van der Waals surface area contributed by atoms with Crippen molar-refractivity contribution in [2.24, 2.45) is 0 Å². The summed E-state index contributed by atoms with van der Waals surface area (Å²) in [4.78, 5) is 11.8. The third kappa shape index (κ3) is 5.40. The van der Waals surface area contributed by atoms with Crippen molar-refractivity contribution in [2.75, 3.05) is 18.5 Å². The first-order valence-electron chi connectivity index (χ1n) is 8.09. The third-order valence-electron chi connectivity index (χ3n) is 3.71. The van der Waals surface area contributed by atoms with Crippen LogP contribution < -0.4 is 15.4 Å². The zero-order chi connectivity index (χ0) is 19.3. The fourth-order valence-electron chi connectivity index (χ4n) is 2.63. The Morgan fingerprint density at radius 2 is 1.62 bits per heavy atom. The van der Waals surface area contributed by atoms with E-state index in [2.05, 4.69) is 10.6 Å². The summed E-state index contributed by atoms with van der Waals surface area (Å²) >= 11 is 0. The summed E-state index contributed by atoms with van der Waals surface area (Å²) in [6.45, 7) is 6.47. The molecule has 0 heterocycles. The van der Waals surface area contributed by atoms with Gasteiger partial charge in [0.05, 0.1) is 12.1 Å². The Hall–Kier alpha value is -2.70. The van der Waals surface area contributed by atoms with Crippen molar-refractivity contribution in [1.82, 2.24) is 5.32 Å². The molecule has 0 bridgehead atoms. The largest absolute Gasteiger partial charge is 0.491 e. The summed E-state index contributed by atoms with van der Waals surface area (Å²) in [5.74, 6) is 0.792. The highest BCUT2D eigenvalue weighted by atomic mass is 19.4. The van der Waals surface area contributed by atoms with Crippen LogP contribution in [-0.4, -0.2) is 19.2 Å². The van der Waals surface area contributed by atoms with Gasteiger partial charge in [0, 0.05) is 5.69 Å². The van der Waals surface area contributed by atoms with Crippen molar-refractivity contribution in [1.29, 1.82) is 0 Å². The van der Waals surface area contributed by atoms with Gasteiger partial charge < -0.3 is 15.4 Å². The average Bonchev–Trinajstić information content (AvgIpc) is 2.52. The number of benzene rings is 2. The minimum absolute atomic E-state index is 0.263. The molecule has 0 aliphatic heterocycles. The van der Waals surface area contributed by atoms with Gasteiger partial charge in [0.2, 0.25) is 0 Å². The normalized spacial score (nSPS) is 11.2. The zero-order valence-corrected chi connectivity index (χ0v) is 14.8. The Balaban J connectivity index is 1.79. The molecule has 2 N–H and O–H groups in total. The lowest BCUT2D eigenvalue weighted by Gasteiger charge is -2.14. The van der Waals surface area contributed by atoms with Crippen LogP contribution in [0, 0.1) is 20.8 Å². The minimum atomic E-state index is -4.40. The molecule has 140 valence electrons. The van der Waals surface area contributed by atoms with Gasteiger partial charge >= 0.3 is 12.2 Å². The number of alkyl halides is 3. The van der Waals surface area contributed by atoms with Gasteiger partial charge in [-0.05, 0) is 56.2 Å². The molecule has 0 aromatic heterocycles. The summed E-state index contributed by atoms with van der Waals surface area (Å²) in [6, 6.07) is 7.78. The van der Waals surface area contributed by atoms with E-state index in [1.807, 2.05) is 32.9 Å². The molecule has 0 aliphatic rings. The van der Waals surface area contributed by atoms with E-state index in [1.165, 1.54) is 12.1 Å². The summed E-state index contributed by atoms with van der Waals surface area (Å²) in [5.41, 5.74) is 2.72. The molecule has 2 aromatic rings. The smallest absolute Gasteiger partial charge is 0.416 e. The second-order valence-electron chi connectivity index (χ2n) is 6.03. The number of rotatable bonds is 5. The average molecular weight is 366 g/mol. The molecule has 7 heteroatoms. The topological polar surface area (TPSA) is 50.4 Å². The molecule has 4 nitrogen and oxygen atoms in total. The maximum Gasteiger partial charge on any atom is 0.416 e. The number of aryl methyl sites for hydroxylation is 3. The Kier molecular flexibility index (Phi) is 6.13. The number of ether oxygens (including phenoxy) is 1. The Morgan fingerprint density at radius 3 is 2.15 bits per heavy atom. The second kappa shape index (κ2) is 8.12. The van der Waals surface area contributed by atoms with Crippen LogP contribution in [0.2, 0.25) is 0 Å². The molecule has 2 aromatic carbocycles. The molecule has 2 amide bonds. The predicted octanol–water partition coefficient (Wildman–Crippen LogP) is 4.83. The van der Waals surface area contributed by atoms with E-state index in [4.69, 9.17) is 4.74 Å². The molecular formula is C19H21F3N2O2. The molecule has 0 unspecified atom stereocenters. The lowest BCUT2D eigenvalue weighted by atomic mass is 10.1. The van der Waals surface area contributed by atoms with Crippen molar-refractivity contribution in [3.63, 3.8) is 0 Å². The molecule has 26 heavy (non-hydrogen) atoms.